The van der Waals surface area contributed by atoms with Crippen molar-refractivity contribution in [3.63, 3.8) is 0 Å². The number of hydrogen-bond acceptors (Lipinski definition) is 4. The second-order valence-electron chi connectivity index (χ2n) is 5.81. The lowest BCUT2D eigenvalue weighted by Gasteiger charge is -2.38. The lowest BCUT2D eigenvalue weighted by atomic mass is 9.98. The minimum Gasteiger partial charge on any atom is -0.497 e. The maximum Gasteiger partial charge on any atom is 0.404 e. The monoisotopic (exact) mass is 346 g/mol. The van der Waals surface area contributed by atoms with Crippen molar-refractivity contribution in [1.29, 1.82) is 0 Å². The summed E-state index contributed by atoms with van der Waals surface area (Å²) in [5, 5.41) is 2.78. The molecular formula is C16H21F3N2O3. The van der Waals surface area contributed by atoms with E-state index < -0.39 is 12.2 Å². The van der Waals surface area contributed by atoms with Crippen molar-refractivity contribution in [3.05, 3.63) is 23.8 Å². The van der Waals surface area contributed by atoms with Gasteiger partial charge in [0.05, 0.1) is 19.8 Å². The van der Waals surface area contributed by atoms with E-state index in [-0.39, 0.29) is 31.3 Å². The fourth-order valence-corrected chi connectivity index (χ4v) is 2.93. The zero-order valence-corrected chi connectivity index (χ0v) is 13.8. The number of carbonyl (C=O) groups excluding carboxylic acids is 1. The number of nitrogens with zero attached hydrogens (tertiary/aromatic N) is 1. The SMILES string of the molecule is COc1ccc(C(=O)N[C@H]2CC[C@@H](C(F)(F)F)N(C)C2)c(OC)c1. The van der Waals surface area contributed by atoms with Crippen molar-refractivity contribution in [2.45, 2.75) is 31.1 Å². The Morgan fingerprint density at radius 2 is 1.96 bits per heavy atom. The van der Waals surface area contributed by atoms with Gasteiger partial charge in [-0.1, -0.05) is 0 Å². The summed E-state index contributed by atoms with van der Waals surface area (Å²) in [4.78, 5) is 13.6. The lowest BCUT2D eigenvalue weighted by Crippen LogP contribution is -2.54. The summed E-state index contributed by atoms with van der Waals surface area (Å²) in [5.74, 6) is 0.524. The van der Waals surface area contributed by atoms with Crippen molar-refractivity contribution in [3.8, 4) is 11.5 Å². The highest BCUT2D eigenvalue weighted by Crippen LogP contribution is 2.31. The van der Waals surface area contributed by atoms with Crippen LogP contribution in [0, 0.1) is 0 Å². The van der Waals surface area contributed by atoms with E-state index in [0.29, 0.717) is 17.1 Å². The Hall–Kier alpha value is -1.96. The first-order valence-electron chi connectivity index (χ1n) is 7.56. The van der Waals surface area contributed by atoms with Gasteiger partial charge in [0.15, 0.2) is 0 Å². The summed E-state index contributed by atoms with van der Waals surface area (Å²) >= 11 is 0. The van der Waals surface area contributed by atoms with Gasteiger partial charge in [-0.15, -0.1) is 0 Å². The molecule has 0 unspecified atom stereocenters. The van der Waals surface area contributed by atoms with Crippen LogP contribution in [-0.2, 0) is 0 Å². The van der Waals surface area contributed by atoms with Gasteiger partial charge in [-0.25, -0.2) is 0 Å². The van der Waals surface area contributed by atoms with Gasteiger partial charge in [-0.2, -0.15) is 13.2 Å². The number of piperidine rings is 1. The number of amides is 1. The summed E-state index contributed by atoms with van der Waals surface area (Å²) in [6, 6.07) is 2.98. The highest BCUT2D eigenvalue weighted by Gasteiger charge is 2.44. The molecule has 5 nitrogen and oxygen atoms in total. The molecule has 1 aliphatic heterocycles. The van der Waals surface area contributed by atoms with Crippen molar-refractivity contribution in [2.75, 3.05) is 27.8 Å². The van der Waals surface area contributed by atoms with Crippen LogP contribution in [0.2, 0.25) is 0 Å². The van der Waals surface area contributed by atoms with Gasteiger partial charge in [-0.05, 0) is 32.0 Å². The van der Waals surface area contributed by atoms with Gasteiger partial charge in [-0.3, -0.25) is 9.69 Å². The Bertz CT molecular complexity index is 592. The molecule has 0 saturated carbocycles. The predicted molar refractivity (Wildman–Crippen MR) is 82.5 cm³/mol. The Labute approximate surface area is 138 Å². The average Bonchev–Trinajstić information content (AvgIpc) is 2.52. The maximum absolute atomic E-state index is 12.9. The Kier molecular flexibility index (Phi) is 5.58. The van der Waals surface area contributed by atoms with Crippen LogP contribution in [0.3, 0.4) is 0 Å². The second kappa shape index (κ2) is 7.29. The molecule has 1 amide bonds. The molecule has 24 heavy (non-hydrogen) atoms. The number of methoxy groups -OCH3 is 2. The molecule has 1 aromatic carbocycles. The number of hydrogen-bond donors (Lipinski definition) is 1. The number of ether oxygens (including phenoxy) is 2. The van der Waals surface area contributed by atoms with Crippen LogP contribution in [0.4, 0.5) is 13.2 Å². The van der Waals surface area contributed by atoms with Crippen LogP contribution in [0.5, 0.6) is 11.5 Å². The van der Waals surface area contributed by atoms with Crippen molar-refractivity contribution >= 4 is 5.91 Å². The van der Waals surface area contributed by atoms with E-state index in [1.807, 2.05) is 0 Å². The van der Waals surface area contributed by atoms with Crippen LogP contribution in [-0.4, -0.2) is 56.9 Å². The molecular weight excluding hydrogens is 325 g/mol. The Morgan fingerprint density at radius 3 is 2.50 bits per heavy atom. The maximum atomic E-state index is 12.9. The zero-order chi connectivity index (χ0) is 17.9. The van der Waals surface area contributed by atoms with Crippen LogP contribution in [0.25, 0.3) is 0 Å². The summed E-state index contributed by atoms with van der Waals surface area (Å²) < 4.78 is 48.8. The van der Waals surface area contributed by atoms with Gasteiger partial charge in [0.1, 0.15) is 17.5 Å². The summed E-state index contributed by atoms with van der Waals surface area (Å²) in [6.45, 7) is 0.147. The molecule has 0 aliphatic carbocycles. The number of alkyl halides is 3. The fraction of sp³-hybridized carbons (Fsp3) is 0.562. The van der Waals surface area contributed by atoms with E-state index in [0.717, 1.165) is 0 Å². The smallest absolute Gasteiger partial charge is 0.404 e. The van der Waals surface area contributed by atoms with E-state index in [2.05, 4.69) is 5.32 Å². The molecule has 1 heterocycles. The van der Waals surface area contributed by atoms with E-state index in [1.165, 1.54) is 26.2 Å². The molecule has 1 aliphatic rings. The molecule has 8 heteroatoms. The van der Waals surface area contributed by atoms with Gasteiger partial charge in [0, 0.05) is 18.7 Å². The average molecular weight is 346 g/mol. The molecule has 0 bridgehead atoms. The fourth-order valence-electron chi connectivity index (χ4n) is 2.93. The number of benzene rings is 1. The van der Waals surface area contributed by atoms with Crippen molar-refractivity contribution < 1.29 is 27.4 Å². The van der Waals surface area contributed by atoms with E-state index >= 15 is 0 Å². The van der Waals surface area contributed by atoms with E-state index in [4.69, 9.17) is 9.47 Å². The third kappa shape index (κ3) is 4.11. The van der Waals surface area contributed by atoms with Gasteiger partial charge >= 0.3 is 6.18 Å². The van der Waals surface area contributed by atoms with Crippen molar-refractivity contribution in [2.24, 2.45) is 0 Å². The molecule has 2 rings (SSSR count). The minimum absolute atomic E-state index is 0.0370. The van der Waals surface area contributed by atoms with Gasteiger partial charge in [0.2, 0.25) is 0 Å². The molecule has 0 spiro atoms. The molecule has 1 N–H and O–H groups in total. The molecule has 1 aromatic rings. The van der Waals surface area contributed by atoms with Crippen LogP contribution >= 0.6 is 0 Å². The molecule has 0 radical (unpaired) electrons. The minimum atomic E-state index is -4.25. The number of likely N-dealkylation sites (N-methyl/N-ethyl adjacent to an activating group) is 1. The first kappa shape index (κ1) is 18.4. The zero-order valence-electron chi connectivity index (χ0n) is 13.8. The molecule has 1 fully saturated rings. The van der Waals surface area contributed by atoms with Crippen LogP contribution in [0.1, 0.15) is 23.2 Å². The highest BCUT2D eigenvalue weighted by molar-refractivity contribution is 5.97. The largest absolute Gasteiger partial charge is 0.497 e. The molecule has 2 atom stereocenters. The predicted octanol–water partition coefficient (Wildman–Crippen LogP) is 2.46. The van der Waals surface area contributed by atoms with Crippen LogP contribution < -0.4 is 14.8 Å². The first-order chi connectivity index (χ1) is 11.3. The third-order valence-corrected chi connectivity index (χ3v) is 4.20. The number of nitrogens with one attached hydrogen (secondary N) is 1. The van der Waals surface area contributed by atoms with E-state index in [9.17, 15) is 18.0 Å². The summed E-state index contributed by atoms with van der Waals surface area (Å²) in [5.41, 5.74) is 0.318. The summed E-state index contributed by atoms with van der Waals surface area (Å²) in [7, 11) is 4.36. The number of rotatable bonds is 4. The van der Waals surface area contributed by atoms with Crippen molar-refractivity contribution in [1.82, 2.24) is 10.2 Å². The standard InChI is InChI=1S/C16H21F3N2O3/c1-21-9-10(4-7-14(21)16(17,18)19)20-15(22)12-6-5-11(23-2)8-13(12)24-3/h5-6,8,10,14H,4,7,9H2,1-3H3,(H,20,22)/t10-,14-/m0/s1. The topological polar surface area (TPSA) is 50.8 Å². The number of likely N-dealkylation sites (tertiary alicyclic amines) is 1. The molecule has 1 saturated heterocycles. The van der Waals surface area contributed by atoms with Gasteiger partial charge < -0.3 is 14.8 Å². The lowest BCUT2D eigenvalue weighted by molar-refractivity contribution is -0.188. The first-order valence-corrected chi connectivity index (χ1v) is 7.56. The van der Waals surface area contributed by atoms with Crippen LogP contribution in [0.15, 0.2) is 18.2 Å². The number of halogens is 3. The number of carbonyl (C=O) groups is 1. The summed E-state index contributed by atoms with van der Waals surface area (Å²) in [6.07, 6.45) is -4.01. The quantitative estimate of drug-likeness (QED) is 0.910. The third-order valence-electron chi connectivity index (χ3n) is 4.20. The molecule has 0 aromatic heterocycles. The Balaban J connectivity index is 2.03. The normalized spacial score (nSPS) is 22.1. The molecule has 134 valence electrons. The Morgan fingerprint density at radius 1 is 1.25 bits per heavy atom. The van der Waals surface area contributed by atoms with Gasteiger partial charge in [0.25, 0.3) is 5.91 Å². The highest BCUT2D eigenvalue weighted by atomic mass is 19.4. The second-order valence-corrected chi connectivity index (χ2v) is 5.81. The van der Waals surface area contributed by atoms with E-state index in [1.54, 1.807) is 18.2 Å².